The van der Waals surface area contributed by atoms with E-state index in [-0.39, 0.29) is 5.41 Å². The molecule has 116 valence electrons. The van der Waals surface area contributed by atoms with Gasteiger partial charge in [0.05, 0.1) is 12.3 Å². The molecule has 0 aliphatic heterocycles. The molecule has 2 nitrogen and oxygen atoms in total. The summed E-state index contributed by atoms with van der Waals surface area (Å²) in [5, 5.41) is 0. The monoisotopic (exact) mass is 295 g/mol. The van der Waals surface area contributed by atoms with Crippen LogP contribution in [0.2, 0.25) is 0 Å². The molecule has 0 saturated carbocycles. The first-order valence-electron chi connectivity index (χ1n) is 7.86. The molecule has 0 bridgehead atoms. The van der Waals surface area contributed by atoms with Crippen molar-refractivity contribution in [3.05, 3.63) is 59.7 Å². The number of rotatable bonds is 5. The molecule has 0 spiro atoms. The van der Waals surface area contributed by atoms with E-state index in [1.807, 2.05) is 30.5 Å². The molecule has 22 heavy (non-hydrogen) atoms. The van der Waals surface area contributed by atoms with E-state index in [0.717, 1.165) is 30.0 Å². The average Bonchev–Trinajstić information content (AvgIpc) is 2.51. The molecule has 0 saturated heterocycles. The zero-order valence-corrected chi connectivity index (χ0v) is 14.0. The summed E-state index contributed by atoms with van der Waals surface area (Å²) in [6.45, 7) is 9.51. The lowest BCUT2D eigenvalue weighted by Crippen LogP contribution is -2.10. The lowest BCUT2D eigenvalue weighted by atomic mass is 9.87. The molecule has 0 N–H and O–H groups in total. The minimum atomic E-state index is 0.177. The second-order valence-corrected chi connectivity index (χ2v) is 6.47. The van der Waals surface area contributed by atoms with Crippen LogP contribution in [0.3, 0.4) is 0 Å². The number of aliphatic imine (C=N–C) groups is 1. The Morgan fingerprint density at radius 3 is 2.14 bits per heavy atom. The Morgan fingerprint density at radius 1 is 0.955 bits per heavy atom. The van der Waals surface area contributed by atoms with Gasteiger partial charge < -0.3 is 4.74 Å². The molecule has 2 heteroatoms. The van der Waals surface area contributed by atoms with Crippen molar-refractivity contribution in [3.63, 3.8) is 0 Å². The molecular formula is C20H25NO. The van der Waals surface area contributed by atoms with E-state index in [0.29, 0.717) is 0 Å². The highest BCUT2D eigenvalue weighted by Gasteiger charge is 2.12. The predicted molar refractivity (Wildman–Crippen MR) is 94.6 cm³/mol. The summed E-state index contributed by atoms with van der Waals surface area (Å²) in [5.74, 6) is 0.911. The Bertz CT molecular complexity index is 604. The minimum absolute atomic E-state index is 0.177. The SMILES string of the molecule is CCCOc1ccc(C=Nc2ccc(C(C)(C)C)cc2)cc1. The van der Waals surface area contributed by atoms with Crippen molar-refractivity contribution in [2.75, 3.05) is 6.61 Å². The van der Waals surface area contributed by atoms with Crippen LogP contribution < -0.4 is 4.74 Å². The normalized spacial score (nSPS) is 11.8. The van der Waals surface area contributed by atoms with Gasteiger partial charge in [0.15, 0.2) is 0 Å². The maximum absolute atomic E-state index is 5.57. The van der Waals surface area contributed by atoms with Crippen molar-refractivity contribution in [1.29, 1.82) is 0 Å². The fourth-order valence-corrected chi connectivity index (χ4v) is 2.07. The number of hydrogen-bond donors (Lipinski definition) is 0. The Hall–Kier alpha value is -2.09. The highest BCUT2D eigenvalue weighted by Crippen LogP contribution is 2.24. The number of benzene rings is 2. The summed E-state index contributed by atoms with van der Waals surface area (Å²) in [4.78, 5) is 4.53. The maximum Gasteiger partial charge on any atom is 0.119 e. The molecule has 0 atom stereocenters. The summed E-state index contributed by atoms with van der Waals surface area (Å²) >= 11 is 0. The molecular weight excluding hydrogens is 270 g/mol. The highest BCUT2D eigenvalue weighted by atomic mass is 16.5. The van der Waals surface area contributed by atoms with Crippen molar-refractivity contribution in [1.82, 2.24) is 0 Å². The van der Waals surface area contributed by atoms with Crippen LogP contribution in [0.4, 0.5) is 5.69 Å². The van der Waals surface area contributed by atoms with Gasteiger partial charge in [-0.1, -0.05) is 39.8 Å². The molecule has 0 radical (unpaired) electrons. The second kappa shape index (κ2) is 7.26. The molecule has 0 aliphatic rings. The fourth-order valence-electron chi connectivity index (χ4n) is 2.07. The van der Waals surface area contributed by atoms with E-state index in [1.165, 1.54) is 5.56 Å². The summed E-state index contributed by atoms with van der Waals surface area (Å²) < 4.78 is 5.57. The molecule has 0 unspecified atom stereocenters. The first-order chi connectivity index (χ1) is 10.5. The first kappa shape index (κ1) is 16.3. The Morgan fingerprint density at radius 2 is 1.59 bits per heavy atom. The zero-order chi connectivity index (χ0) is 16.0. The zero-order valence-electron chi connectivity index (χ0n) is 14.0. The van der Waals surface area contributed by atoms with Crippen LogP contribution in [0.25, 0.3) is 0 Å². The van der Waals surface area contributed by atoms with Crippen molar-refractivity contribution >= 4 is 11.9 Å². The Kier molecular flexibility index (Phi) is 5.37. The second-order valence-electron chi connectivity index (χ2n) is 6.47. The summed E-state index contributed by atoms with van der Waals surface area (Å²) in [6, 6.07) is 16.4. The van der Waals surface area contributed by atoms with Crippen LogP contribution in [-0.4, -0.2) is 12.8 Å². The van der Waals surface area contributed by atoms with Gasteiger partial charge in [0.2, 0.25) is 0 Å². The molecule has 0 amide bonds. The minimum Gasteiger partial charge on any atom is -0.494 e. The van der Waals surface area contributed by atoms with Gasteiger partial charge in [-0.25, -0.2) is 0 Å². The van der Waals surface area contributed by atoms with E-state index in [1.54, 1.807) is 0 Å². The van der Waals surface area contributed by atoms with Gasteiger partial charge in [0.25, 0.3) is 0 Å². The van der Waals surface area contributed by atoms with Crippen LogP contribution >= 0.6 is 0 Å². The summed E-state index contributed by atoms with van der Waals surface area (Å²) in [6.07, 6.45) is 2.91. The third kappa shape index (κ3) is 4.73. The average molecular weight is 295 g/mol. The lowest BCUT2D eigenvalue weighted by Gasteiger charge is -2.18. The van der Waals surface area contributed by atoms with E-state index in [4.69, 9.17) is 4.74 Å². The summed E-state index contributed by atoms with van der Waals surface area (Å²) in [7, 11) is 0. The van der Waals surface area contributed by atoms with Crippen LogP contribution in [0, 0.1) is 0 Å². The highest BCUT2D eigenvalue weighted by molar-refractivity contribution is 5.82. The first-order valence-corrected chi connectivity index (χ1v) is 7.86. The third-order valence-corrected chi connectivity index (χ3v) is 3.45. The van der Waals surface area contributed by atoms with Crippen molar-refractivity contribution in [2.24, 2.45) is 4.99 Å². The molecule has 0 fully saturated rings. The Labute approximate surface area is 133 Å². The van der Waals surface area contributed by atoms with Crippen molar-refractivity contribution in [2.45, 2.75) is 39.5 Å². The van der Waals surface area contributed by atoms with Crippen LogP contribution in [0.5, 0.6) is 5.75 Å². The molecule has 0 aliphatic carbocycles. The molecule has 0 aromatic heterocycles. The molecule has 2 rings (SSSR count). The number of ether oxygens (including phenoxy) is 1. The van der Waals surface area contributed by atoms with E-state index in [2.05, 4.69) is 57.0 Å². The standard InChI is InChI=1S/C20H25NO/c1-5-14-22-19-12-6-16(7-13-19)15-21-18-10-8-17(9-11-18)20(2,3)4/h6-13,15H,5,14H2,1-4H3. The van der Waals surface area contributed by atoms with E-state index in [9.17, 15) is 0 Å². The largest absolute Gasteiger partial charge is 0.494 e. The predicted octanol–water partition coefficient (Wildman–Crippen LogP) is 5.52. The van der Waals surface area contributed by atoms with Gasteiger partial charge >= 0.3 is 0 Å². The third-order valence-electron chi connectivity index (χ3n) is 3.45. The van der Waals surface area contributed by atoms with Gasteiger partial charge in [-0.05, 0) is 59.4 Å². The van der Waals surface area contributed by atoms with Gasteiger partial charge in [0, 0.05) is 6.21 Å². The smallest absolute Gasteiger partial charge is 0.119 e. The van der Waals surface area contributed by atoms with Crippen molar-refractivity contribution < 1.29 is 4.74 Å². The molecule has 0 heterocycles. The summed E-state index contributed by atoms with van der Waals surface area (Å²) in [5.41, 5.74) is 3.54. The lowest BCUT2D eigenvalue weighted by molar-refractivity contribution is 0.317. The van der Waals surface area contributed by atoms with E-state index >= 15 is 0 Å². The maximum atomic E-state index is 5.57. The fraction of sp³-hybridized carbons (Fsp3) is 0.350. The number of nitrogens with zero attached hydrogens (tertiary/aromatic N) is 1. The van der Waals surface area contributed by atoms with Crippen LogP contribution in [0.15, 0.2) is 53.5 Å². The van der Waals surface area contributed by atoms with Gasteiger partial charge in [0.1, 0.15) is 5.75 Å². The van der Waals surface area contributed by atoms with Gasteiger partial charge in [-0.2, -0.15) is 0 Å². The Balaban J connectivity index is 2.02. The van der Waals surface area contributed by atoms with Crippen LogP contribution in [-0.2, 0) is 5.41 Å². The van der Waals surface area contributed by atoms with Crippen LogP contribution in [0.1, 0.15) is 45.2 Å². The van der Waals surface area contributed by atoms with Gasteiger partial charge in [-0.15, -0.1) is 0 Å². The quantitative estimate of drug-likeness (QED) is 0.665. The van der Waals surface area contributed by atoms with Gasteiger partial charge in [-0.3, -0.25) is 4.99 Å². The topological polar surface area (TPSA) is 21.6 Å². The molecule has 2 aromatic rings. The number of hydrogen-bond acceptors (Lipinski definition) is 2. The molecule has 2 aromatic carbocycles. The van der Waals surface area contributed by atoms with E-state index < -0.39 is 0 Å². The van der Waals surface area contributed by atoms with Crippen molar-refractivity contribution in [3.8, 4) is 5.75 Å².